The molecule has 7 nitrogen and oxygen atoms in total. The third-order valence-corrected chi connectivity index (χ3v) is 4.34. The largest absolute Gasteiger partial charge is 0.480 e. The molecule has 1 aromatic rings. The molecule has 1 amide bonds. The Morgan fingerprint density at radius 1 is 1.21 bits per heavy atom. The summed E-state index contributed by atoms with van der Waals surface area (Å²) < 4.78 is 31.5. The predicted octanol–water partition coefficient (Wildman–Crippen LogP) is 2.25. The molecule has 8 heteroatoms. The van der Waals surface area contributed by atoms with Crippen molar-refractivity contribution in [1.82, 2.24) is 0 Å². The Hall–Kier alpha value is -1.93. The van der Waals surface area contributed by atoms with Crippen molar-refractivity contribution in [2.75, 3.05) is 10.7 Å². The molecule has 0 aromatic heterocycles. The molecule has 0 bridgehead atoms. The van der Waals surface area contributed by atoms with Crippen LogP contribution in [0.1, 0.15) is 38.2 Å². The molecule has 1 atom stereocenters. The first-order valence-electron chi connectivity index (χ1n) is 7.73. The Morgan fingerprint density at radius 2 is 1.83 bits per heavy atom. The molecule has 2 N–H and O–H groups in total. The van der Waals surface area contributed by atoms with Gasteiger partial charge in [0, 0.05) is 12.1 Å². The third-order valence-electron chi connectivity index (χ3n) is 3.60. The molecular weight excluding hydrogens is 334 g/mol. The van der Waals surface area contributed by atoms with E-state index >= 15 is 0 Å². The van der Waals surface area contributed by atoms with Crippen LogP contribution in [0, 0.1) is 6.92 Å². The second kappa shape index (κ2) is 8.79. The monoisotopic (exact) mass is 357 g/mol. The molecule has 0 heterocycles. The second-order valence-electron chi connectivity index (χ2n) is 5.61. The number of hydrogen-bond donors (Lipinski definition) is 2. The first-order chi connectivity index (χ1) is 11.2. The Kier molecular flexibility index (Phi) is 7.37. The van der Waals surface area contributed by atoms with Crippen LogP contribution in [-0.2, 0) is 19.7 Å². The molecule has 0 fully saturated rings. The number of unbranched alkanes of at least 4 members (excludes halogenated alkanes) is 2. The maximum absolute atomic E-state index is 12.6. The molecule has 0 saturated heterocycles. The number of carboxylic acid groups (broad SMARTS) is 1. The van der Waals surface area contributed by atoms with Crippen LogP contribution < -0.4 is 4.90 Å². The maximum Gasteiger partial charge on any atom is 0.327 e. The van der Waals surface area contributed by atoms with Crippen LogP contribution in [0.3, 0.4) is 0 Å². The highest BCUT2D eigenvalue weighted by atomic mass is 32.2. The summed E-state index contributed by atoms with van der Waals surface area (Å²) in [6.45, 7) is 3.68. The third kappa shape index (κ3) is 5.93. The van der Waals surface area contributed by atoms with E-state index in [2.05, 4.69) is 0 Å². The lowest BCUT2D eigenvalue weighted by Crippen LogP contribution is -2.49. The Balaban J connectivity index is 3.27. The lowest BCUT2D eigenvalue weighted by molar-refractivity contribution is -0.139. The number of carbonyl (C=O) groups is 2. The van der Waals surface area contributed by atoms with E-state index in [1.807, 2.05) is 6.92 Å². The highest BCUT2D eigenvalue weighted by molar-refractivity contribution is 7.85. The van der Waals surface area contributed by atoms with E-state index in [1.165, 1.54) is 0 Å². The molecule has 1 rings (SSSR count). The number of aliphatic carboxylic acids is 1. The van der Waals surface area contributed by atoms with Gasteiger partial charge in [-0.3, -0.25) is 14.2 Å². The first-order valence-corrected chi connectivity index (χ1v) is 9.34. The molecule has 134 valence electrons. The first kappa shape index (κ1) is 20.1. The molecule has 0 radical (unpaired) electrons. The van der Waals surface area contributed by atoms with Gasteiger partial charge in [0.1, 0.15) is 5.75 Å². The number of aryl methyl sites for hydroxylation is 1. The van der Waals surface area contributed by atoms with Gasteiger partial charge in [0.15, 0.2) is 6.04 Å². The van der Waals surface area contributed by atoms with Crippen LogP contribution in [0.2, 0.25) is 0 Å². The van der Waals surface area contributed by atoms with Crippen molar-refractivity contribution >= 4 is 27.7 Å². The molecule has 24 heavy (non-hydrogen) atoms. The highest BCUT2D eigenvalue weighted by Gasteiger charge is 2.34. The number of nitrogens with zero attached hydrogens (tertiary/aromatic N) is 1. The van der Waals surface area contributed by atoms with Crippen molar-refractivity contribution in [2.45, 2.75) is 45.6 Å². The Bertz CT molecular complexity index is 686. The normalized spacial score (nSPS) is 12.6. The molecule has 0 spiro atoms. The average molecular weight is 357 g/mol. The fraction of sp³-hybridized carbons (Fsp3) is 0.500. The fourth-order valence-corrected chi connectivity index (χ4v) is 3.10. The number of rotatable bonds is 9. The highest BCUT2D eigenvalue weighted by Crippen LogP contribution is 2.24. The van der Waals surface area contributed by atoms with Gasteiger partial charge in [0.2, 0.25) is 5.91 Å². The SMILES string of the molecule is CCCCCC(=O)N(c1ccccc1C)[C@@H](CS(=O)(=O)O)C(=O)O. The van der Waals surface area contributed by atoms with Gasteiger partial charge in [-0.05, 0) is 25.0 Å². The average Bonchev–Trinajstić information content (AvgIpc) is 2.47. The topological polar surface area (TPSA) is 112 Å². The minimum atomic E-state index is -4.57. The lowest BCUT2D eigenvalue weighted by atomic mass is 10.1. The zero-order chi connectivity index (χ0) is 18.3. The number of carbonyl (C=O) groups excluding carboxylic acids is 1. The van der Waals surface area contributed by atoms with E-state index in [9.17, 15) is 23.1 Å². The molecule has 0 aliphatic carbocycles. The molecule has 1 aromatic carbocycles. The van der Waals surface area contributed by atoms with Crippen molar-refractivity contribution in [3.8, 4) is 0 Å². The van der Waals surface area contributed by atoms with Crippen molar-refractivity contribution in [1.29, 1.82) is 0 Å². The fourth-order valence-electron chi connectivity index (χ4n) is 2.41. The van der Waals surface area contributed by atoms with Crippen LogP contribution in [0.4, 0.5) is 5.69 Å². The number of carboxylic acids is 1. The molecule has 0 unspecified atom stereocenters. The summed E-state index contributed by atoms with van der Waals surface area (Å²) in [5.74, 6) is -3.02. The zero-order valence-corrected chi connectivity index (χ0v) is 14.6. The standard InChI is InChI=1S/C16H23NO6S/c1-3-4-5-10-15(18)17(13-9-7-6-8-12(13)2)14(16(19)20)11-24(21,22)23/h6-9,14H,3-5,10-11H2,1-2H3,(H,19,20)(H,21,22,23)/t14-/m0/s1. The van der Waals surface area contributed by atoms with E-state index in [0.29, 0.717) is 17.7 Å². The van der Waals surface area contributed by atoms with E-state index in [-0.39, 0.29) is 6.42 Å². The second-order valence-corrected chi connectivity index (χ2v) is 7.11. The molecule has 0 saturated carbocycles. The van der Waals surface area contributed by atoms with Crippen LogP contribution >= 0.6 is 0 Å². The molecule has 0 aliphatic rings. The Morgan fingerprint density at radius 3 is 2.33 bits per heavy atom. The number of para-hydroxylation sites is 1. The van der Waals surface area contributed by atoms with Crippen molar-refractivity contribution in [3.63, 3.8) is 0 Å². The Labute approximate surface area is 142 Å². The van der Waals surface area contributed by atoms with Crippen LogP contribution in [0.15, 0.2) is 24.3 Å². The number of anilines is 1. The molecule has 0 aliphatic heterocycles. The molecular formula is C16H23NO6S. The van der Waals surface area contributed by atoms with E-state index in [0.717, 1.165) is 17.7 Å². The zero-order valence-electron chi connectivity index (χ0n) is 13.8. The van der Waals surface area contributed by atoms with Gasteiger partial charge in [-0.1, -0.05) is 38.0 Å². The number of hydrogen-bond acceptors (Lipinski definition) is 4. The van der Waals surface area contributed by atoms with Crippen molar-refractivity contribution < 1.29 is 27.7 Å². The van der Waals surface area contributed by atoms with Gasteiger partial charge in [-0.2, -0.15) is 8.42 Å². The summed E-state index contributed by atoms with van der Waals surface area (Å²) in [6, 6.07) is 4.95. The summed E-state index contributed by atoms with van der Waals surface area (Å²) in [5, 5.41) is 9.41. The minimum Gasteiger partial charge on any atom is -0.480 e. The van der Waals surface area contributed by atoms with E-state index < -0.39 is 33.8 Å². The van der Waals surface area contributed by atoms with Gasteiger partial charge in [-0.15, -0.1) is 0 Å². The van der Waals surface area contributed by atoms with Crippen LogP contribution in [-0.4, -0.2) is 41.7 Å². The maximum atomic E-state index is 12.6. The van der Waals surface area contributed by atoms with Crippen molar-refractivity contribution in [2.24, 2.45) is 0 Å². The summed E-state index contributed by atoms with van der Waals surface area (Å²) in [4.78, 5) is 25.1. The van der Waals surface area contributed by atoms with Gasteiger partial charge in [-0.25, -0.2) is 4.79 Å². The number of amides is 1. The number of benzene rings is 1. The predicted molar refractivity (Wildman–Crippen MR) is 90.6 cm³/mol. The van der Waals surface area contributed by atoms with Crippen LogP contribution in [0.5, 0.6) is 0 Å². The summed E-state index contributed by atoms with van der Waals surface area (Å²) in [5.41, 5.74) is 0.970. The van der Waals surface area contributed by atoms with E-state index in [4.69, 9.17) is 4.55 Å². The van der Waals surface area contributed by atoms with Gasteiger partial charge < -0.3 is 5.11 Å². The minimum absolute atomic E-state index is 0.109. The summed E-state index contributed by atoms with van der Waals surface area (Å²) in [6.07, 6.45) is 2.39. The summed E-state index contributed by atoms with van der Waals surface area (Å²) in [7, 11) is -4.57. The smallest absolute Gasteiger partial charge is 0.327 e. The van der Waals surface area contributed by atoms with Crippen molar-refractivity contribution in [3.05, 3.63) is 29.8 Å². The van der Waals surface area contributed by atoms with Gasteiger partial charge in [0.05, 0.1) is 0 Å². The lowest BCUT2D eigenvalue weighted by Gasteiger charge is -2.29. The van der Waals surface area contributed by atoms with Crippen LogP contribution in [0.25, 0.3) is 0 Å². The van der Waals surface area contributed by atoms with Gasteiger partial charge >= 0.3 is 5.97 Å². The summed E-state index contributed by atoms with van der Waals surface area (Å²) >= 11 is 0. The van der Waals surface area contributed by atoms with Gasteiger partial charge in [0.25, 0.3) is 10.1 Å². The quantitative estimate of drug-likeness (QED) is 0.518. The van der Waals surface area contributed by atoms with E-state index in [1.54, 1.807) is 31.2 Å².